The average molecular weight is 305 g/mol. The van der Waals surface area contributed by atoms with Crippen LogP contribution in [0.1, 0.15) is 21.6 Å². The first-order valence-electron chi connectivity index (χ1n) is 6.82. The zero-order valence-electron chi connectivity index (χ0n) is 11.9. The topological polar surface area (TPSA) is 95.8 Å². The van der Waals surface area contributed by atoms with Crippen molar-refractivity contribution < 1.29 is 9.53 Å². The minimum absolute atomic E-state index is 0.0552. The van der Waals surface area contributed by atoms with Crippen molar-refractivity contribution in [2.45, 2.75) is 6.61 Å². The first-order valence-corrected chi connectivity index (χ1v) is 6.82. The van der Waals surface area contributed by atoms with E-state index in [0.717, 1.165) is 5.56 Å². The molecule has 0 saturated heterocycles. The third-order valence-corrected chi connectivity index (χ3v) is 3.34. The van der Waals surface area contributed by atoms with E-state index < -0.39 is 5.97 Å². The number of nitrogens with zero attached hydrogens (tertiary/aromatic N) is 2. The quantitative estimate of drug-likeness (QED) is 0.748. The molecule has 1 N–H and O–H groups in total. The molecule has 0 aliphatic rings. The first-order chi connectivity index (χ1) is 11.2. The first kappa shape index (κ1) is 14.5. The molecular weight excluding hydrogens is 294 g/mol. The van der Waals surface area contributed by atoms with Crippen molar-refractivity contribution in [1.82, 2.24) is 10.2 Å². The Bertz CT molecular complexity index is 969. The van der Waals surface area contributed by atoms with Crippen LogP contribution >= 0.6 is 0 Å². The summed E-state index contributed by atoms with van der Waals surface area (Å²) in [6.07, 6.45) is 0. The molecule has 0 bridgehead atoms. The van der Waals surface area contributed by atoms with Gasteiger partial charge >= 0.3 is 5.97 Å². The number of aromatic amines is 1. The number of benzene rings is 2. The van der Waals surface area contributed by atoms with Crippen LogP contribution in [0.3, 0.4) is 0 Å². The summed E-state index contributed by atoms with van der Waals surface area (Å²) in [5.41, 5.74) is 0.998. The number of carbonyl (C=O) groups excluding carboxylic acids is 1. The lowest BCUT2D eigenvalue weighted by atomic mass is 10.1. The van der Waals surface area contributed by atoms with E-state index in [0.29, 0.717) is 16.3 Å². The van der Waals surface area contributed by atoms with Crippen LogP contribution in [0, 0.1) is 11.3 Å². The predicted octanol–water partition coefficient (Wildman–Crippen LogP) is 2.15. The van der Waals surface area contributed by atoms with Gasteiger partial charge in [0.25, 0.3) is 5.56 Å². The molecular formula is C17H11N3O3. The van der Waals surface area contributed by atoms with Crippen molar-refractivity contribution in [1.29, 1.82) is 5.26 Å². The molecule has 0 atom stereocenters. The summed E-state index contributed by atoms with van der Waals surface area (Å²) in [6, 6.07) is 15.4. The normalized spacial score (nSPS) is 10.2. The Morgan fingerprint density at radius 3 is 2.52 bits per heavy atom. The van der Waals surface area contributed by atoms with Gasteiger partial charge in [-0.1, -0.05) is 30.3 Å². The molecule has 0 aliphatic heterocycles. The number of hydrogen-bond acceptors (Lipinski definition) is 5. The van der Waals surface area contributed by atoms with Gasteiger partial charge in [0, 0.05) is 5.39 Å². The van der Waals surface area contributed by atoms with Gasteiger partial charge in [0.05, 0.1) is 17.0 Å². The van der Waals surface area contributed by atoms with E-state index >= 15 is 0 Å². The van der Waals surface area contributed by atoms with Crippen LogP contribution in [-0.2, 0) is 11.3 Å². The number of ether oxygens (including phenoxy) is 1. The number of nitriles is 1. The fourth-order valence-electron chi connectivity index (χ4n) is 2.16. The highest BCUT2D eigenvalue weighted by atomic mass is 16.5. The highest BCUT2D eigenvalue weighted by molar-refractivity contribution is 6.01. The number of carbonyl (C=O) groups is 1. The lowest BCUT2D eigenvalue weighted by Crippen LogP contribution is -2.16. The second-order valence-corrected chi connectivity index (χ2v) is 4.83. The van der Waals surface area contributed by atoms with E-state index in [1.807, 2.05) is 6.07 Å². The fraction of sp³-hybridized carbons (Fsp3) is 0.0588. The highest BCUT2D eigenvalue weighted by Gasteiger charge is 2.15. The molecule has 0 aliphatic carbocycles. The van der Waals surface area contributed by atoms with Crippen molar-refractivity contribution in [3.8, 4) is 6.07 Å². The van der Waals surface area contributed by atoms with Crippen molar-refractivity contribution in [2.75, 3.05) is 0 Å². The summed E-state index contributed by atoms with van der Waals surface area (Å²) in [4.78, 5) is 23.9. The molecule has 1 aromatic heterocycles. The number of fused-ring (bicyclic) bond motifs is 1. The van der Waals surface area contributed by atoms with Crippen LogP contribution in [0.25, 0.3) is 10.8 Å². The van der Waals surface area contributed by atoms with Gasteiger partial charge in [-0.15, -0.1) is 0 Å². The average Bonchev–Trinajstić information content (AvgIpc) is 2.60. The van der Waals surface area contributed by atoms with E-state index in [1.165, 1.54) is 0 Å². The Morgan fingerprint density at radius 1 is 1.13 bits per heavy atom. The minimum Gasteiger partial charge on any atom is -0.456 e. The number of rotatable bonds is 3. The van der Waals surface area contributed by atoms with E-state index in [1.54, 1.807) is 48.5 Å². The maximum atomic E-state index is 12.2. The summed E-state index contributed by atoms with van der Waals surface area (Å²) >= 11 is 0. The van der Waals surface area contributed by atoms with Gasteiger partial charge < -0.3 is 4.74 Å². The molecule has 0 radical (unpaired) electrons. The Hall–Kier alpha value is -3.46. The fourth-order valence-corrected chi connectivity index (χ4v) is 2.16. The van der Waals surface area contributed by atoms with Gasteiger partial charge in [-0.05, 0) is 23.8 Å². The zero-order valence-corrected chi connectivity index (χ0v) is 11.9. The molecule has 1 heterocycles. The predicted molar refractivity (Wildman–Crippen MR) is 82.6 cm³/mol. The van der Waals surface area contributed by atoms with Crippen LogP contribution in [0.5, 0.6) is 0 Å². The van der Waals surface area contributed by atoms with E-state index in [9.17, 15) is 9.59 Å². The maximum Gasteiger partial charge on any atom is 0.359 e. The SMILES string of the molecule is N#Cc1ccc(COC(=O)c2n[nH]c(=O)c3ccccc23)cc1. The third-order valence-electron chi connectivity index (χ3n) is 3.34. The molecule has 112 valence electrons. The van der Waals surface area contributed by atoms with Gasteiger partial charge in [-0.2, -0.15) is 10.4 Å². The molecule has 0 unspecified atom stereocenters. The Balaban J connectivity index is 1.82. The summed E-state index contributed by atoms with van der Waals surface area (Å²) in [6.45, 7) is 0.0552. The molecule has 6 nitrogen and oxygen atoms in total. The summed E-state index contributed by atoms with van der Waals surface area (Å²) in [5, 5.41) is 15.7. The number of aromatic nitrogens is 2. The van der Waals surface area contributed by atoms with Crippen LogP contribution in [0.15, 0.2) is 53.3 Å². The van der Waals surface area contributed by atoms with Crippen LogP contribution < -0.4 is 5.56 Å². The van der Waals surface area contributed by atoms with Gasteiger partial charge in [0.15, 0.2) is 5.69 Å². The van der Waals surface area contributed by atoms with Gasteiger partial charge in [-0.25, -0.2) is 9.89 Å². The van der Waals surface area contributed by atoms with Crippen molar-refractivity contribution >= 4 is 16.7 Å². The third kappa shape index (κ3) is 2.94. The Labute approximate surface area is 131 Å². The number of esters is 1. The highest BCUT2D eigenvalue weighted by Crippen LogP contribution is 2.14. The van der Waals surface area contributed by atoms with Gasteiger partial charge in [0.1, 0.15) is 6.61 Å². The summed E-state index contributed by atoms with van der Waals surface area (Å²) < 4.78 is 5.23. The summed E-state index contributed by atoms with van der Waals surface area (Å²) in [7, 11) is 0. The largest absolute Gasteiger partial charge is 0.456 e. The molecule has 0 amide bonds. The summed E-state index contributed by atoms with van der Waals surface area (Å²) in [5.74, 6) is -0.623. The molecule has 0 saturated carbocycles. The van der Waals surface area contributed by atoms with Crippen molar-refractivity contribution in [3.05, 3.63) is 75.7 Å². The minimum atomic E-state index is -0.623. The van der Waals surface area contributed by atoms with Crippen LogP contribution in [0.2, 0.25) is 0 Å². The second kappa shape index (κ2) is 6.12. The lowest BCUT2D eigenvalue weighted by Gasteiger charge is -2.06. The smallest absolute Gasteiger partial charge is 0.359 e. The molecule has 23 heavy (non-hydrogen) atoms. The maximum absolute atomic E-state index is 12.2. The molecule has 3 rings (SSSR count). The monoisotopic (exact) mass is 305 g/mol. The van der Waals surface area contributed by atoms with Gasteiger partial charge in [-0.3, -0.25) is 4.79 Å². The van der Waals surface area contributed by atoms with Crippen molar-refractivity contribution in [2.24, 2.45) is 0 Å². The molecule has 3 aromatic rings. The van der Waals surface area contributed by atoms with E-state index in [2.05, 4.69) is 10.2 Å². The van der Waals surface area contributed by atoms with Gasteiger partial charge in [0.2, 0.25) is 0 Å². The molecule has 0 spiro atoms. The molecule has 0 fully saturated rings. The Kier molecular flexibility index (Phi) is 3.85. The second-order valence-electron chi connectivity index (χ2n) is 4.83. The number of H-pyrrole nitrogens is 1. The van der Waals surface area contributed by atoms with E-state index in [-0.39, 0.29) is 17.9 Å². The van der Waals surface area contributed by atoms with E-state index in [4.69, 9.17) is 10.00 Å². The zero-order chi connectivity index (χ0) is 16.2. The van der Waals surface area contributed by atoms with Crippen LogP contribution in [-0.4, -0.2) is 16.2 Å². The lowest BCUT2D eigenvalue weighted by molar-refractivity contribution is 0.0467. The van der Waals surface area contributed by atoms with Crippen LogP contribution in [0.4, 0.5) is 0 Å². The standard InChI is InChI=1S/C17H11N3O3/c18-9-11-5-7-12(8-6-11)10-23-17(22)15-13-3-1-2-4-14(13)16(21)20-19-15/h1-8H,10H2,(H,20,21). The number of hydrogen-bond donors (Lipinski definition) is 1. The Morgan fingerprint density at radius 2 is 1.83 bits per heavy atom. The number of nitrogens with one attached hydrogen (secondary N) is 1. The van der Waals surface area contributed by atoms with Crippen molar-refractivity contribution in [3.63, 3.8) is 0 Å². The molecule has 6 heteroatoms. The molecule has 2 aromatic carbocycles.